The maximum absolute atomic E-state index is 17.0. The summed E-state index contributed by atoms with van der Waals surface area (Å²) in [6.07, 6.45) is -6.68. The molecule has 4 aliphatic heterocycles. The van der Waals surface area contributed by atoms with E-state index in [0.717, 1.165) is 40.7 Å². The Hall–Kier alpha value is -7.60. The van der Waals surface area contributed by atoms with Crippen LogP contribution in [0.4, 0.5) is 31.8 Å². The van der Waals surface area contributed by atoms with E-state index in [9.17, 15) is 18.9 Å². The highest BCUT2D eigenvalue weighted by molar-refractivity contribution is 8.54. The third-order valence-corrected chi connectivity index (χ3v) is 19.6. The van der Waals surface area contributed by atoms with E-state index >= 15 is 13.3 Å². The number of halogens is 2. The van der Waals surface area contributed by atoms with Crippen LogP contribution in [-0.4, -0.2) is 136 Å². The number of nitrogens with one attached hydrogen (secondary N) is 2. The summed E-state index contributed by atoms with van der Waals surface area (Å²) in [4.78, 5) is 65.5. The first-order chi connectivity index (χ1) is 41.5. The molecule has 0 bridgehead atoms. The molecule has 0 spiro atoms. The van der Waals surface area contributed by atoms with Gasteiger partial charge in [-0.15, -0.1) is 5.10 Å². The minimum Gasteiger partial charge on any atom is -0.382 e. The monoisotopic (exact) mass is 1230 g/mol. The van der Waals surface area contributed by atoms with Crippen LogP contribution in [0.2, 0.25) is 0 Å². The molecule has 446 valence electrons. The number of nitrogens with two attached hydrogens (primary N) is 2. The number of amides is 3. The number of carbonyl (C=O) groups is 3. The number of benzene rings is 3. The molecule has 33 heteroatoms. The molecule has 6 N–H and O–H groups in total. The van der Waals surface area contributed by atoms with Gasteiger partial charge < -0.3 is 45.5 Å². The molecule has 0 aliphatic carbocycles. The third kappa shape index (κ3) is 12.0. The number of unbranched alkanes of at least 4 members (excludes halogenated alkanes) is 2. The largest absolute Gasteiger partial charge is 0.389 e. The van der Waals surface area contributed by atoms with Crippen molar-refractivity contribution in [3.8, 4) is 22.5 Å². The highest BCUT2D eigenvalue weighted by Gasteiger charge is 2.55. The van der Waals surface area contributed by atoms with E-state index in [0.29, 0.717) is 67.1 Å². The molecule has 3 saturated heterocycles. The van der Waals surface area contributed by atoms with Crippen molar-refractivity contribution in [2.24, 2.45) is 0 Å². The minimum atomic E-state index is -4.73. The van der Waals surface area contributed by atoms with Crippen molar-refractivity contribution < 1.29 is 59.9 Å². The van der Waals surface area contributed by atoms with Gasteiger partial charge in [0.1, 0.15) is 53.8 Å². The number of alkyl halides is 2. The molecule has 4 aliphatic rings. The number of fused-ring (bicyclic) bond motifs is 9. The summed E-state index contributed by atoms with van der Waals surface area (Å²) in [5, 5.41) is 14.6. The van der Waals surface area contributed by atoms with Gasteiger partial charge in [-0.25, -0.2) is 47.9 Å². The second kappa shape index (κ2) is 24.6. The number of hydrogen-bond donors (Lipinski definition) is 4. The van der Waals surface area contributed by atoms with Gasteiger partial charge in [0.2, 0.25) is 25.3 Å². The Bertz CT molecular complexity index is 3960. The number of aryl methyl sites for hydroxylation is 1. The molecular weight excluding hydrogens is 1180 g/mol. The number of aromatic nitrogens is 11. The first-order valence-electron chi connectivity index (χ1n) is 27.4. The maximum atomic E-state index is 17.0. The number of rotatable bonds is 15. The highest BCUT2D eigenvalue weighted by Crippen LogP contribution is 2.65. The summed E-state index contributed by atoms with van der Waals surface area (Å²) < 4.78 is 102. The predicted molar refractivity (Wildman–Crippen MR) is 310 cm³/mol. The zero-order valence-electron chi connectivity index (χ0n) is 45.8. The number of para-hydroxylation sites is 1. The van der Waals surface area contributed by atoms with Crippen molar-refractivity contribution >= 4 is 96.3 Å². The van der Waals surface area contributed by atoms with Gasteiger partial charge in [-0.1, -0.05) is 73.2 Å². The van der Waals surface area contributed by atoms with E-state index in [4.69, 9.17) is 46.6 Å². The average molecular weight is 1230 g/mol. The van der Waals surface area contributed by atoms with Gasteiger partial charge in [0.15, 0.2) is 47.7 Å². The van der Waals surface area contributed by atoms with Crippen molar-refractivity contribution in [1.82, 2.24) is 59.3 Å². The van der Waals surface area contributed by atoms with Gasteiger partial charge in [-0.05, 0) is 53.5 Å². The van der Waals surface area contributed by atoms with E-state index < -0.39 is 82.6 Å². The van der Waals surface area contributed by atoms with Crippen molar-refractivity contribution in [2.75, 3.05) is 41.4 Å². The number of ether oxygens (including phenoxy) is 2. The molecule has 27 nitrogen and oxygen atoms in total. The summed E-state index contributed by atoms with van der Waals surface area (Å²) in [5.41, 5.74) is 18.5. The second-order valence-corrected chi connectivity index (χ2v) is 26.1. The van der Waals surface area contributed by atoms with Gasteiger partial charge >= 0.3 is 6.80 Å². The molecule has 3 fully saturated rings. The Morgan fingerprint density at radius 2 is 1.38 bits per heavy atom. The van der Waals surface area contributed by atoms with Gasteiger partial charge in [0.05, 0.1) is 50.3 Å². The molecule has 10 atom stereocenters. The van der Waals surface area contributed by atoms with Gasteiger partial charge in [0, 0.05) is 42.0 Å². The maximum Gasteiger partial charge on any atom is 0.389 e. The second-order valence-electron chi connectivity index (χ2n) is 20.5. The first kappa shape index (κ1) is 58.8. The topological polar surface area (TPSA) is 338 Å². The lowest BCUT2D eigenvalue weighted by Gasteiger charge is -2.30. The van der Waals surface area contributed by atoms with Crippen LogP contribution in [0.1, 0.15) is 62.6 Å². The number of anilines is 4. The first-order valence-corrected chi connectivity index (χ1v) is 32.1. The smallest absolute Gasteiger partial charge is 0.382 e. The van der Waals surface area contributed by atoms with Crippen molar-refractivity contribution in [2.45, 2.75) is 107 Å². The van der Waals surface area contributed by atoms with Gasteiger partial charge in [-0.2, -0.15) is 0 Å². The Kier molecular flexibility index (Phi) is 16.8. The summed E-state index contributed by atoms with van der Waals surface area (Å²) in [6, 6.07) is 22.1. The molecule has 0 saturated carbocycles. The van der Waals surface area contributed by atoms with Gasteiger partial charge in [0.25, 0.3) is 7.47 Å². The summed E-state index contributed by atoms with van der Waals surface area (Å²) in [7, 11) is 1.32. The molecule has 3 aromatic carbocycles. The van der Waals surface area contributed by atoms with Crippen LogP contribution in [0, 0.1) is 0 Å². The molecule has 86 heavy (non-hydrogen) atoms. The van der Waals surface area contributed by atoms with Crippen LogP contribution in [0.15, 0.2) is 98.1 Å². The van der Waals surface area contributed by atoms with Crippen molar-refractivity contribution in [1.29, 1.82) is 0 Å². The lowest BCUT2D eigenvalue weighted by molar-refractivity contribution is -0.124. The average Bonchev–Trinajstić information content (AvgIpc) is 2.46. The van der Waals surface area contributed by atoms with Gasteiger partial charge in [-0.3, -0.25) is 37.1 Å². The van der Waals surface area contributed by atoms with E-state index in [1.54, 1.807) is 29.2 Å². The normalized spacial score (nSPS) is 25.6. The third-order valence-electron chi connectivity index (χ3n) is 14.9. The van der Waals surface area contributed by atoms with Crippen molar-refractivity contribution in [3.05, 3.63) is 109 Å². The SMILES string of the molecule is [B]P1(=O)OC[C@H]2O[C@@H](n3cnc4c(N)ncnc43)[C@H](F)[C@@H]2OP(=O)(SCc2ccc(NC(=O)CNC(=O)CCCCCn3nnc4c3-c3ccccc3CN(C(=O)CC)c3ccccc3-4)cc2)OC[C@H]2O[C@@H](n3cnc4c(N)ncnc43)[C@H](F)[C@@H]2O1. The quantitative estimate of drug-likeness (QED) is 0.0459. The Morgan fingerprint density at radius 3 is 2.06 bits per heavy atom. The fraction of sp³-hybridized carbons (Fsp3) is 0.377. The fourth-order valence-corrected chi connectivity index (χ4v) is 15.1. The van der Waals surface area contributed by atoms with Crippen LogP contribution in [-0.2, 0) is 69.9 Å². The Morgan fingerprint density at radius 1 is 0.756 bits per heavy atom. The van der Waals surface area contributed by atoms with Crippen molar-refractivity contribution in [3.63, 3.8) is 0 Å². The number of carbonyl (C=O) groups excluding carboxylic acids is 3. The number of nitrogens with zero attached hydrogens (tertiary/aromatic N) is 12. The Labute approximate surface area is 493 Å². The minimum absolute atomic E-state index is 0.00586. The molecule has 3 amide bonds. The number of nitrogen functional groups attached to an aromatic ring is 2. The Balaban J connectivity index is 0.673. The zero-order chi connectivity index (χ0) is 59.9. The fourth-order valence-electron chi connectivity index (χ4n) is 10.7. The van der Waals surface area contributed by atoms with Crippen LogP contribution >= 0.6 is 25.7 Å². The molecular formula is C53H55BF2N16O11P2S. The summed E-state index contributed by atoms with van der Waals surface area (Å²) in [6.45, 7) is -3.61. The zero-order valence-corrected chi connectivity index (χ0v) is 48.4. The summed E-state index contributed by atoms with van der Waals surface area (Å²) in [5.74, 6) is -0.841. The lowest BCUT2D eigenvalue weighted by Crippen LogP contribution is -2.37. The molecule has 9 heterocycles. The van der Waals surface area contributed by atoms with E-state index in [-0.39, 0.29) is 64.5 Å². The van der Waals surface area contributed by atoms with Crippen LogP contribution < -0.4 is 27.0 Å². The highest BCUT2D eigenvalue weighted by atomic mass is 32.7. The number of hydrogen-bond acceptors (Lipinski definition) is 22. The van der Waals surface area contributed by atoms with E-state index in [1.807, 2.05) is 60.1 Å². The van der Waals surface area contributed by atoms with Crippen LogP contribution in [0.3, 0.4) is 0 Å². The lowest BCUT2D eigenvalue weighted by atomic mass is 9.95. The molecule has 12 rings (SSSR count). The standard InChI is InChI=1S/C53H55BF2N16O11P2S/c1-2-39(75)69-21-30-10-5-6-11-32(30)45-42(33-12-7-8-13-34(33)69)67-68-72(45)19-9-3-4-14-37(73)59-20-38(74)66-31-17-15-29(16-18-31)24-86-85(77)79-23-36-46(40(55)52(81-36)70-27-64-43-48(57)60-25-62-50(43)70)82-84(54,76)78-22-35-47(83-85)41(56)53(80-35)71-28-65-44-49(58)61-26-63-51(44)71/h5-8,10-13,15-18,25-28,35-36,40-41,46-47,52-53H,2-4,9,14,19-24H2,1H3,(H,59,73)(H,66,74)(H2,57,60,62)(H2,58,61,63)/t35-,36-,40-,41-,46-,47-,52-,53-,84?,85?/m1/s1. The molecule has 2 radical (unpaired) electrons. The van der Waals surface area contributed by atoms with E-state index in [1.165, 1.54) is 21.8 Å². The van der Waals surface area contributed by atoms with E-state index in [2.05, 4.69) is 50.8 Å². The van der Waals surface area contributed by atoms with Crippen LogP contribution in [0.25, 0.3) is 44.8 Å². The number of imidazole rings is 2. The molecule has 5 aromatic heterocycles. The summed E-state index contributed by atoms with van der Waals surface area (Å²) >= 11 is 0.661. The predicted octanol–water partition coefficient (Wildman–Crippen LogP) is 6.93. The molecule has 8 aromatic rings. The van der Waals surface area contributed by atoms with Crippen LogP contribution in [0.5, 0.6) is 0 Å². The molecule has 2 unspecified atom stereocenters.